The van der Waals surface area contributed by atoms with Gasteiger partial charge in [0.25, 0.3) is 5.91 Å². The Bertz CT molecular complexity index is 425. The van der Waals surface area contributed by atoms with E-state index in [0.29, 0.717) is 17.8 Å². The van der Waals surface area contributed by atoms with Gasteiger partial charge in [0, 0.05) is 19.1 Å². The summed E-state index contributed by atoms with van der Waals surface area (Å²) in [6.45, 7) is 1.81. The number of nitrogens with zero attached hydrogens (tertiary/aromatic N) is 3. The zero-order chi connectivity index (χ0) is 12.4. The Morgan fingerprint density at radius 2 is 2.22 bits per heavy atom. The lowest BCUT2D eigenvalue weighted by atomic mass is 10.1. The highest BCUT2D eigenvalue weighted by Gasteiger charge is 2.23. The van der Waals surface area contributed by atoms with Crippen LogP contribution < -0.4 is 10.6 Å². The van der Waals surface area contributed by atoms with Crippen LogP contribution in [-0.4, -0.2) is 51.5 Å². The van der Waals surface area contributed by atoms with Gasteiger partial charge in [-0.25, -0.2) is 4.68 Å². The molecule has 98 valence electrons. The minimum atomic E-state index is -0.0922. The summed E-state index contributed by atoms with van der Waals surface area (Å²) in [5.74, 6) is 2.17. The van der Waals surface area contributed by atoms with Gasteiger partial charge in [-0.15, -0.1) is 5.10 Å². The molecule has 2 fully saturated rings. The van der Waals surface area contributed by atoms with Gasteiger partial charge in [-0.3, -0.25) is 4.79 Å². The van der Waals surface area contributed by atoms with Crippen molar-refractivity contribution in [1.82, 2.24) is 25.6 Å². The number of carbonyl (C=O) groups is 1. The van der Waals surface area contributed by atoms with E-state index in [1.807, 2.05) is 11.8 Å². The number of nitrogens with one attached hydrogen (secondary N) is 2. The van der Waals surface area contributed by atoms with Gasteiger partial charge in [0.15, 0.2) is 5.69 Å². The van der Waals surface area contributed by atoms with Gasteiger partial charge in [0.2, 0.25) is 0 Å². The quantitative estimate of drug-likeness (QED) is 0.809. The molecule has 6 nitrogen and oxygen atoms in total. The smallest absolute Gasteiger partial charge is 0.273 e. The van der Waals surface area contributed by atoms with Crippen LogP contribution in [0.5, 0.6) is 0 Å². The predicted octanol–water partition coefficient (Wildman–Crippen LogP) is 0.0478. The van der Waals surface area contributed by atoms with Gasteiger partial charge in [0.05, 0.1) is 12.2 Å². The molecule has 0 spiro atoms. The molecule has 0 atom stereocenters. The highest BCUT2D eigenvalue weighted by molar-refractivity contribution is 7.99. The summed E-state index contributed by atoms with van der Waals surface area (Å²) in [5, 5.41) is 14.2. The predicted molar refractivity (Wildman–Crippen MR) is 69.7 cm³/mol. The SMILES string of the molecule is O=C(NC1CCSCC1)c1cn(C2CNC2)nn1. The average molecular weight is 267 g/mol. The third-order valence-electron chi connectivity index (χ3n) is 3.43. The number of hydrogen-bond donors (Lipinski definition) is 2. The van der Waals surface area contributed by atoms with Crippen LogP contribution in [0.25, 0.3) is 0 Å². The molecule has 3 heterocycles. The van der Waals surface area contributed by atoms with Crippen molar-refractivity contribution in [3.63, 3.8) is 0 Å². The van der Waals surface area contributed by atoms with Crippen LogP contribution in [-0.2, 0) is 0 Å². The summed E-state index contributed by atoms with van der Waals surface area (Å²) in [6.07, 6.45) is 3.85. The zero-order valence-corrected chi connectivity index (χ0v) is 10.9. The molecule has 7 heteroatoms. The Morgan fingerprint density at radius 3 is 2.89 bits per heavy atom. The second-order valence-corrected chi connectivity index (χ2v) is 5.98. The number of rotatable bonds is 3. The molecule has 2 saturated heterocycles. The van der Waals surface area contributed by atoms with Crippen molar-refractivity contribution in [1.29, 1.82) is 0 Å². The van der Waals surface area contributed by atoms with E-state index < -0.39 is 0 Å². The minimum Gasteiger partial charge on any atom is -0.348 e. The van der Waals surface area contributed by atoms with Crippen molar-refractivity contribution in [2.45, 2.75) is 24.9 Å². The normalized spacial score (nSPS) is 21.6. The largest absolute Gasteiger partial charge is 0.348 e. The van der Waals surface area contributed by atoms with Crippen LogP contribution in [0.3, 0.4) is 0 Å². The van der Waals surface area contributed by atoms with E-state index in [9.17, 15) is 4.79 Å². The lowest BCUT2D eigenvalue weighted by molar-refractivity contribution is 0.0929. The first-order valence-electron chi connectivity index (χ1n) is 6.34. The van der Waals surface area contributed by atoms with E-state index in [-0.39, 0.29) is 5.91 Å². The van der Waals surface area contributed by atoms with Crippen molar-refractivity contribution in [3.05, 3.63) is 11.9 Å². The van der Waals surface area contributed by atoms with Crippen LogP contribution in [0.4, 0.5) is 0 Å². The number of amides is 1. The molecule has 1 aromatic rings. The van der Waals surface area contributed by atoms with Gasteiger partial charge in [0.1, 0.15) is 0 Å². The molecule has 0 aliphatic carbocycles. The number of carbonyl (C=O) groups excluding carboxylic acids is 1. The summed E-state index contributed by atoms with van der Waals surface area (Å²) in [7, 11) is 0. The Balaban J connectivity index is 1.59. The standard InChI is InChI=1S/C11H17N5OS/c17-11(13-8-1-3-18-4-2-8)10-7-16(15-14-10)9-5-12-6-9/h7-9,12H,1-6H2,(H,13,17). The van der Waals surface area contributed by atoms with Crippen molar-refractivity contribution in [2.24, 2.45) is 0 Å². The van der Waals surface area contributed by atoms with Gasteiger partial charge in [-0.05, 0) is 24.3 Å². The first-order valence-corrected chi connectivity index (χ1v) is 7.49. The summed E-state index contributed by atoms with van der Waals surface area (Å²) >= 11 is 1.95. The fraction of sp³-hybridized carbons (Fsp3) is 0.727. The van der Waals surface area contributed by atoms with Crippen LogP contribution in [0.2, 0.25) is 0 Å². The van der Waals surface area contributed by atoms with Gasteiger partial charge in [-0.1, -0.05) is 5.21 Å². The van der Waals surface area contributed by atoms with Gasteiger partial charge < -0.3 is 10.6 Å². The van der Waals surface area contributed by atoms with E-state index in [2.05, 4.69) is 20.9 Å². The van der Waals surface area contributed by atoms with Crippen LogP contribution in [0.1, 0.15) is 29.4 Å². The summed E-state index contributed by atoms with van der Waals surface area (Å²) in [4.78, 5) is 12.0. The molecule has 18 heavy (non-hydrogen) atoms. The molecular formula is C11H17N5OS. The number of aromatic nitrogens is 3. The fourth-order valence-corrected chi connectivity index (χ4v) is 3.23. The topological polar surface area (TPSA) is 71.8 Å². The Morgan fingerprint density at radius 1 is 1.44 bits per heavy atom. The van der Waals surface area contributed by atoms with Crippen LogP contribution in [0, 0.1) is 0 Å². The molecule has 0 bridgehead atoms. The second kappa shape index (κ2) is 5.27. The molecule has 2 aliphatic rings. The van der Waals surface area contributed by atoms with Crippen LogP contribution in [0.15, 0.2) is 6.20 Å². The lowest BCUT2D eigenvalue weighted by Gasteiger charge is -2.26. The monoisotopic (exact) mass is 267 g/mol. The van der Waals surface area contributed by atoms with Crippen molar-refractivity contribution in [3.8, 4) is 0 Å². The maximum Gasteiger partial charge on any atom is 0.273 e. The molecule has 3 rings (SSSR count). The maximum absolute atomic E-state index is 12.0. The first kappa shape index (κ1) is 12.0. The Labute approximate surface area is 110 Å². The van der Waals surface area contributed by atoms with E-state index in [4.69, 9.17) is 0 Å². The second-order valence-electron chi connectivity index (χ2n) is 4.76. The fourth-order valence-electron chi connectivity index (χ4n) is 2.12. The van der Waals surface area contributed by atoms with E-state index >= 15 is 0 Å². The lowest BCUT2D eigenvalue weighted by Crippen LogP contribution is -2.43. The highest BCUT2D eigenvalue weighted by atomic mass is 32.2. The minimum absolute atomic E-state index is 0.0922. The molecule has 0 aromatic carbocycles. The maximum atomic E-state index is 12.0. The summed E-state index contributed by atoms with van der Waals surface area (Å²) < 4.78 is 1.78. The van der Waals surface area contributed by atoms with Crippen LogP contribution >= 0.6 is 11.8 Å². The van der Waals surface area contributed by atoms with Crippen molar-refractivity contribution >= 4 is 17.7 Å². The molecule has 1 amide bonds. The van der Waals surface area contributed by atoms with E-state index in [1.54, 1.807) is 10.9 Å². The molecule has 0 saturated carbocycles. The summed E-state index contributed by atoms with van der Waals surface area (Å²) in [6, 6.07) is 0.652. The van der Waals surface area contributed by atoms with Gasteiger partial charge in [-0.2, -0.15) is 11.8 Å². The van der Waals surface area contributed by atoms with Crippen molar-refractivity contribution < 1.29 is 4.79 Å². The Kier molecular flexibility index (Phi) is 3.51. The summed E-state index contributed by atoms with van der Waals surface area (Å²) in [5.41, 5.74) is 0.431. The molecule has 2 aliphatic heterocycles. The molecule has 0 unspecified atom stereocenters. The van der Waals surface area contributed by atoms with Crippen molar-refractivity contribution in [2.75, 3.05) is 24.6 Å². The first-order chi connectivity index (χ1) is 8.83. The molecule has 0 radical (unpaired) electrons. The molecular weight excluding hydrogens is 250 g/mol. The number of hydrogen-bond acceptors (Lipinski definition) is 5. The average Bonchev–Trinajstić information content (AvgIpc) is 2.77. The molecule has 2 N–H and O–H groups in total. The van der Waals surface area contributed by atoms with Gasteiger partial charge >= 0.3 is 0 Å². The molecule has 1 aromatic heterocycles. The van der Waals surface area contributed by atoms with E-state index in [1.165, 1.54) is 0 Å². The number of thioether (sulfide) groups is 1. The third-order valence-corrected chi connectivity index (χ3v) is 4.48. The zero-order valence-electron chi connectivity index (χ0n) is 10.1. The van der Waals surface area contributed by atoms with E-state index in [0.717, 1.165) is 37.4 Å². The third kappa shape index (κ3) is 2.51. The Hall–Kier alpha value is -1.08. The highest BCUT2D eigenvalue weighted by Crippen LogP contribution is 2.17.